The highest BCUT2D eigenvalue weighted by Crippen LogP contribution is 2.39. The van der Waals surface area contributed by atoms with Crippen molar-refractivity contribution >= 4 is 5.91 Å². The molecule has 1 amide bonds. The Balaban J connectivity index is 1.98. The molecule has 0 unspecified atom stereocenters. The van der Waals surface area contributed by atoms with Crippen LogP contribution in [0.2, 0.25) is 0 Å². The van der Waals surface area contributed by atoms with Gasteiger partial charge in [0.2, 0.25) is 0 Å². The topological polar surface area (TPSA) is 66.0 Å². The second-order valence-electron chi connectivity index (χ2n) is 5.68. The average molecular weight is 343 g/mol. The van der Waals surface area contributed by atoms with Crippen molar-refractivity contribution in [3.63, 3.8) is 0 Å². The molecule has 0 saturated carbocycles. The second-order valence-corrected chi connectivity index (χ2v) is 5.68. The molecule has 0 radical (unpaired) electrons. The maximum Gasteiger partial charge on any atom is 0.255 e. The number of ether oxygens (including phenoxy) is 4. The molecule has 2 aromatic rings. The number of carbonyl (C=O) groups excluding carboxylic acids is 1. The van der Waals surface area contributed by atoms with E-state index in [4.69, 9.17) is 18.9 Å². The number of fused-ring (bicyclic) bond motifs is 1. The van der Waals surface area contributed by atoms with Crippen LogP contribution in [0.15, 0.2) is 30.3 Å². The number of nitrogens with one attached hydrogen (secondary N) is 1. The smallest absolute Gasteiger partial charge is 0.255 e. The third-order valence-electron chi connectivity index (χ3n) is 4.40. The molecule has 0 saturated heterocycles. The first-order valence-electron chi connectivity index (χ1n) is 7.89. The lowest BCUT2D eigenvalue weighted by Gasteiger charge is -2.28. The van der Waals surface area contributed by atoms with E-state index in [2.05, 4.69) is 5.32 Å². The van der Waals surface area contributed by atoms with Crippen LogP contribution < -0.4 is 24.3 Å². The third-order valence-corrected chi connectivity index (χ3v) is 4.40. The van der Waals surface area contributed by atoms with Gasteiger partial charge in [0.1, 0.15) is 0 Å². The van der Waals surface area contributed by atoms with Crippen molar-refractivity contribution < 1.29 is 23.7 Å². The lowest BCUT2D eigenvalue weighted by Crippen LogP contribution is -2.35. The lowest BCUT2D eigenvalue weighted by atomic mass is 9.90. The van der Waals surface area contributed by atoms with Crippen LogP contribution in [-0.4, -0.2) is 34.3 Å². The highest BCUT2D eigenvalue weighted by Gasteiger charge is 2.30. The van der Waals surface area contributed by atoms with Gasteiger partial charge in [0.05, 0.1) is 40.0 Å². The summed E-state index contributed by atoms with van der Waals surface area (Å²) in [6, 6.07) is 9.22. The van der Waals surface area contributed by atoms with Crippen LogP contribution >= 0.6 is 0 Å². The van der Waals surface area contributed by atoms with Crippen molar-refractivity contribution in [2.45, 2.75) is 12.5 Å². The summed E-state index contributed by atoms with van der Waals surface area (Å²) in [5.41, 5.74) is 2.39. The SMILES string of the molecule is COc1ccc([C@H]2Cc3ccc(OC)c(OC)c3C(=O)N2)cc1OC. The molecular formula is C19H21NO5. The van der Waals surface area contributed by atoms with Gasteiger partial charge in [-0.3, -0.25) is 4.79 Å². The maximum atomic E-state index is 12.7. The summed E-state index contributed by atoms with van der Waals surface area (Å²) in [5, 5.41) is 3.03. The summed E-state index contributed by atoms with van der Waals surface area (Å²) < 4.78 is 21.3. The van der Waals surface area contributed by atoms with Gasteiger partial charge in [-0.1, -0.05) is 12.1 Å². The Hall–Kier alpha value is -2.89. The minimum atomic E-state index is -0.184. The van der Waals surface area contributed by atoms with E-state index in [0.717, 1.165) is 11.1 Å². The van der Waals surface area contributed by atoms with Crippen LogP contribution in [0.5, 0.6) is 23.0 Å². The molecule has 1 N–H and O–H groups in total. The summed E-state index contributed by atoms with van der Waals surface area (Å²) >= 11 is 0. The standard InChI is InChI=1S/C19H21NO5/c1-22-14-7-5-11(10-16(14)24-3)13-9-12-6-8-15(23-2)18(25-4)17(12)19(21)20-13/h5-8,10,13H,9H2,1-4H3,(H,20,21)/t13-/m1/s1. The van der Waals surface area contributed by atoms with Gasteiger partial charge in [-0.25, -0.2) is 0 Å². The highest BCUT2D eigenvalue weighted by molar-refractivity contribution is 6.00. The number of amides is 1. The summed E-state index contributed by atoms with van der Waals surface area (Å²) in [6.07, 6.45) is 0.650. The zero-order valence-corrected chi connectivity index (χ0v) is 14.7. The molecule has 6 heteroatoms. The molecule has 1 heterocycles. The van der Waals surface area contributed by atoms with E-state index in [9.17, 15) is 4.79 Å². The quantitative estimate of drug-likeness (QED) is 0.904. The molecule has 3 rings (SSSR count). The molecule has 0 spiro atoms. The largest absolute Gasteiger partial charge is 0.493 e. The first kappa shape index (κ1) is 17.0. The Labute approximate surface area is 146 Å². The van der Waals surface area contributed by atoms with Crippen molar-refractivity contribution in [1.29, 1.82) is 0 Å². The minimum absolute atomic E-state index is 0.155. The molecule has 0 aromatic heterocycles. The lowest BCUT2D eigenvalue weighted by molar-refractivity contribution is 0.0920. The van der Waals surface area contributed by atoms with E-state index < -0.39 is 0 Å². The van der Waals surface area contributed by atoms with Crippen molar-refractivity contribution in [3.05, 3.63) is 47.0 Å². The summed E-state index contributed by atoms with van der Waals surface area (Å²) in [5.74, 6) is 2.11. The van der Waals surface area contributed by atoms with Gasteiger partial charge in [0.25, 0.3) is 5.91 Å². The number of hydrogen-bond acceptors (Lipinski definition) is 5. The van der Waals surface area contributed by atoms with E-state index in [1.807, 2.05) is 30.3 Å². The van der Waals surface area contributed by atoms with Crippen LogP contribution in [0.1, 0.15) is 27.5 Å². The molecule has 1 aliphatic heterocycles. The fraction of sp³-hybridized carbons (Fsp3) is 0.316. The molecule has 132 valence electrons. The fourth-order valence-electron chi connectivity index (χ4n) is 3.16. The summed E-state index contributed by atoms with van der Waals surface area (Å²) in [4.78, 5) is 12.7. The molecule has 25 heavy (non-hydrogen) atoms. The average Bonchev–Trinajstić information content (AvgIpc) is 2.66. The van der Waals surface area contributed by atoms with Gasteiger partial charge in [0.15, 0.2) is 23.0 Å². The molecule has 1 atom stereocenters. The van der Waals surface area contributed by atoms with E-state index in [0.29, 0.717) is 35.0 Å². The Morgan fingerprint density at radius 1 is 0.880 bits per heavy atom. The van der Waals surface area contributed by atoms with Gasteiger partial charge < -0.3 is 24.3 Å². The molecule has 0 bridgehead atoms. The van der Waals surface area contributed by atoms with E-state index >= 15 is 0 Å². The fourth-order valence-corrected chi connectivity index (χ4v) is 3.16. The zero-order valence-electron chi connectivity index (χ0n) is 14.7. The normalized spacial score (nSPS) is 15.8. The van der Waals surface area contributed by atoms with E-state index in [1.54, 1.807) is 21.3 Å². The first-order valence-corrected chi connectivity index (χ1v) is 7.89. The molecular weight excluding hydrogens is 322 g/mol. The molecule has 1 aliphatic rings. The molecule has 0 fully saturated rings. The summed E-state index contributed by atoms with van der Waals surface area (Å²) in [6.45, 7) is 0. The van der Waals surface area contributed by atoms with Crippen LogP contribution in [0.4, 0.5) is 0 Å². The number of carbonyl (C=O) groups is 1. The molecule has 6 nitrogen and oxygen atoms in total. The van der Waals surface area contributed by atoms with Gasteiger partial charge >= 0.3 is 0 Å². The van der Waals surface area contributed by atoms with Crippen LogP contribution in [0.3, 0.4) is 0 Å². The van der Waals surface area contributed by atoms with Gasteiger partial charge in [-0.2, -0.15) is 0 Å². The maximum absolute atomic E-state index is 12.7. The van der Waals surface area contributed by atoms with Gasteiger partial charge in [-0.15, -0.1) is 0 Å². The Morgan fingerprint density at radius 2 is 1.56 bits per heavy atom. The zero-order chi connectivity index (χ0) is 18.0. The van der Waals surface area contributed by atoms with Crippen molar-refractivity contribution in [1.82, 2.24) is 5.32 Å². The second kappa shape index (κ2) is 6.93. The predicted octanol–water partition coefficient (Wildman–Crippen LogP) is 2.75. The number of hydrogen-bond donors (Lipinski definition) is 1. The number of benzene rings is 2. The Morgan fingerprint density at radius 3 is 2.20 bits per heavy atom. The molecule has 2 aromatic carbocycles. The first-order chi connectivity index (χ1) is 12.1. The Bertz CT molecular complexity index is 803. The van der Waals surface area contributed by atoms with Crippen LogP contribution in [-0.2, 0) is 6.42 Å². The number of methoxy groups -OCH3 is 4. The van der Waals surface area contributed by atoms with Crippen LogP contribution in [0.25, 0.3) is 0 Å². The van der Waals surface area contributed by atoms with Crippen molar-refractivity contribution in [2.24, 2.45) is 0 Å². The van der Waals surface area contributed by atoms with Crippen molar-refractivity contribution in [2.75, 3.05) is 28.4 Å². The summed E-state index contributed by atoms with van der Waals surface area (Å²) in [7, 11) is 6.27. The van der Waals surface area contributed by atoms with E-state index in [-0.39, 0.29) is 11.9 Å². The highest BCUT2D eigenvalue weighted by atomic mass is 16.5. The van der Waals surface area contributed by atoms with Gasteiger partial charge in [-0.05, 0) is 35.7 Å². The third kappa shape index (κ3) is 2.95. The predicted molar refractivity (Wildman–Crippen MR) is 93.0 cm³/mol. The van der Waals surface area contributed by atoms with Gasteiger partial charge in [0, 0.05) is 0 Å². The van der Waals surface area contributed by atoms with Crippen LogP contribution in [0, 0.1) is 0 Å². The van der Waals surface area contributed by atoms with E-state index in [1.165, 1.54) is 7.11 Å². The minimum Gasteiger partial charge on any atom is -0.493 e. The number of rotatable bonds is 5. The van der Waals surface area contributed by atoms with Crippen molar-refractivity contribution in [3.8, 4) is 23.0 Å². The monoisotopic (exact) mass is 343 g/mol. The Kier molecular flexibility index (Phi) is 4.70. The molecule has 0 aliphatic carbocycles.